The van der Waals surface area contributed by atoms with Crippen LogP contribution in [-0.4, -0.2) is 19.6 Å². The molecule has 2 rings (SSSR count). The number of methoxy groups -OCH3 is 1. The first kappa shape index (κ1) is 15.1. The van der Waals surface area contributed by atoms with E-state index in [0.29, 0.717) is 29.4 Å². The highest BCUT2D eigenvalue weighted by Gasteiger charge is 2.37. The molecule has 4 nitrogen and oxygen atoms in total. The summed E-state index contributed by atoms with van der Waals surface area (Å²) in [6.45, 7) is 2.46. The number of anilines is 1. The minimum absolute atomic E-state index is 0.00120. The average molecular weight is 297 g/mol. The molecule has 110 valence electrons. The van der Waals surface area contributed by atoms with E-state index in [4.69, 9.17) is 22.1 Å². The van der Waals surface area contributed by atoms with Crippen molar-refractivity contribution in [3.63, 3.8) is 0 Å². The van der Waals surface area contributed by atoms with Gasteiger partial charge in [-0.2, -0.15) is 0 Å². The standard InChI is InChI=1S/C15H21ClN2O2/c1-10-6-12(13(20-2)7-11(10)16)18-14(19)8-15(9-17)4-3-5-15/h6-7H,3-5,8-9,17H2,1-2H3,(H,18,19). The van der Waals surface area contributed by atoms with E-state index in [0.717, 1.165) is 24.8 Å². The Balaban J connectivity index is 2.09. The summed E-state index contributed by atoms with van der Waals surface area (Å²) in [4.78, 5) is 12.2. The second-order valence-electron chi connectivity index (χ2n) is 5.58. The van der Waals surface area contributed by atoms with Gasteiger partial charge in [-0.1, -0.05) is 18.0 Å². The lowest BCUT2D eigenvalue weighted by molar-refractivity contribution is -0.119. The second kappa shape index (κ2) is 6.02. The molecule has 0 unspecified atom stereocenters. The molecule has 1 fully saturated rings. The maximum Gasteiger partial charge on any atom is 0.225 e. The highest BCUT2D eigenvalue weighted by Crippen LogP contribution is 2.43. The van der Waals surface area contributed by atoms with Crippen LogP contribution in [0.3, 0.4) is 0 Å². The van der Waals surface area contributed by atoms with E-state index in [9.17, 15) is 4.79 Å². The van der Waals surface area contributed by atoms with Crippen molar-refractivity contribution in [3.05, 3.63) is 22.7 Å². The molecule has 0 heterocycles. The van der Waals surface area contributed by atoms with E-state index in [-0.39, 0.29) is 11.3 Å². The molecular formula is C15H21ClN2O2. The smallest absolute Gasteiger partial charge is 0.225 e. The summed E-state index contributed by atoms with van der Waals surface area (Å²) < 4.78 is 5.25. The van der Waals surface area contributed by atoms with Gasteiger partial charge in [0.1, 0.15) is 5.75 Å². The van der Waals surface area contributed by atoms with Crippen LogP contribution >= 0.6 is 11.6 Å². The van der Waals surface area contributed by atoms with Gasteiger partial charge in [0.25, 0.3) is 0 Å². The molecule has 20 heavy (non-hydrogen) atoms. The Bertz CT molecular complexity index is 507. The van der Waals surface area contributed by atoms with Gasteiger partial charge in [-0.15, -0.1) is 0 Å². The molecule has 0 atom stereocenters. The summed E-state index contributed by atoms with van der Waals surface area (Å²) in [6.07, 6.45) is 3.70. The maximum atomic E-state index is 12.2. The predicted molar refractivity (Wildman–Crippen MR) is 81.3 cm³/mol. The summed E-state index contributed by atoms with van der Waals surface area (Å²) >= 11 is 6.05. The molecule has 1 aliphatic carbocycles. The largest absolute Gasteiger partial charge is 0.495 e. The van der Waals surface area contributed by atoms with Gasteiger partial charge in [-0.3, -0.25) is 4.79 Å². The number of ether oxygens (including phenoxy) is 1. The Labute approximate surface area is 124 Å². The molecule has 0 aliphatic heterocycles. The summed E-state index contributed by atoms with van der Waals surface area (Å²) in [5, 5.41) is 3.53. The maximum absolute atomic E-state index is 12.2. The van der Waals surface area contributed by atoms with Crippen molar-refractivity contribution < 1.29 is 9.53 Å². The average Bonchev–Trinajstić information content (AvgIpc) is 2.38. The van der Waals surface area contributed by atoms with Crippen LogP contribution in [0.25, 0.3) is 0 Å². The lowest BCUT2D eigenvalue weighted by Gasteiger charge is -2.40. The Hall–Kier alpha value is -1.26. The molecule has 3 N–H and O–H groups in total. The van der Waals surface area contributed by atoms with Crippen molar-refractivity contribution in [1.82, 2.24) is 0 Å². The first-order valence-electron chi connectivity index (χ1n) is 6.84. The summed E-state index contributed by atoms with van der Waals surface area (Å²) in [7, 11) is 1.56. The van der Waals surface area contributed by atoms with Gasteiger partial charge in [-0.05, 0) is 43.4 Å². The molecule has 1 aliphatic rings. The Morgan fingerprint density at radius 1 is 1.50 bits per heavy atom. The third-order valence-electron chi connectivity index (χ3n) is 4.14. The van der Waals surface area contributed by atoms with E-state index in [1.807, 2.05) is 13.0 Å². The molecule has 0 spiro atoms. The van der Waals surface area contributed by atoms with Crippen LogP contribution in [0.15, 0.2) is 12.1 Å². The Morgan fingerprint density at radius 2 is 2.20 bits per heavy atom. The van der Waals surface area contributed by atoms with Gasteiger partial charge in [0.15, 0.2) is 0 Å². The van der Waals surface area contributed by atoms with Crippen LogP contribution in [0.1, 0.15) is 31.2 Å². The third kappa shape index (κ3) is 3.07. The van der Waals surface area contributed by atoms with Gasteiger partial charge in [-0.25, -0.2) is 0 Å². The number of hydrogen-bond acceptors (Lipinski definition) is 3. The van der Waals surface area contributed by atoms with Crippen molar-refractivity contribution in [2.24, 2.45) is 11.1 Å². The zero-order chi connectivity index (χ0) is 14.8. The summed E-state index contributed by atoms with van der Waals surface area (Å²) in [6, 6.07) is 3.55. The van der Waals surface area contributed by atoms with Gasteiger partial charge in [0.05, 0.1) is 12.8 Å². The Kier molecular flexibility index (Phi) is 4.55. The lowest BCUT2D eigenvalue weighted by atomic mass is 9.66. The molecule has 0 bridgehead atoms. The number of benzene rings is 1. The number of carbonyl (C=O) groups is 1. The molecule has 0 aromatic heterocycles. The molecule has 0 radical (unpaired) electrons. The number of hydrogen-bond donors (Lipinski definition) is 2. The number of halogens is 1. The molecule has 1 aromatic carbocycles. The number of amides is 1. The first-order chi connectivity index (χ1) is 9.49. The van der Waals surface area contributed by atoms with Crippen LogP contribution in [0.4, 0.5) is 5.69 Å². The van der Waals surface area contributed by atoms with E-state index in [1.54, 1.807) is 13.2 Å². The first-order valence-corrected chi connectivity index (χ1v) is 7.21. The van der Waals surface area contributed by atoms with Crippen LogP contribution in [-0.2, 0) is 4.79 Å². The lowest BCUT2D eigenvalue weighted by Crippen LogP contribution is -2.40. The molecule has 5 heteroatoms. The van der Waals surface area contributed by atoms with E-state index in [2.05, 4.69) is 5.32 Å². The number of nitrogens with one attached hydrogen (secondary N) is 1. The normalized spacial score (nSPS) is 16.4. The van der Waals surface area contributed by atoms with Gasteiger partial charge in [0.2, 0.25) is 5.91 Å². The zero-order valence-electron chi connectivity index (χ0n) is 12.0. The van der Waals surface area contributed by atoms with Crippen molar-refractivity contribution in [3.8, 4) is 5.75 Å². The van der Waals surface area contributed by atoms with Crippen molar-refractivity contribution >= 4 is 23.2 Å². The van der Waals surface area contributed by atoms with Crippen molar-refractivity contribution in [2.75, 3.05) is 19.0 Å². The van der Waals surface area contributed by atoms with E-state index < -0.39 is 0 Å². The second-order valence-corrected chi connectivity index (χ2v) is 5.99. The predicted octanol–water partition coefficient (Wildman–Crippen LogP) is 3.11. The minimum atomic E-state index is -0.0184. The SMILES string of the molecule is COc1cc(Cl)c(C)cc1NC(=O)CC1(CN)CCC1. The number of nitrogens with two attached hydrogens (primary N) is 1. The highest BCUT2D eigenvalue weighted by molar-refractivity contribution is 6.31. The molecule has 1 amide bonds. The molecule has 1 saturated carbocycles. The van der Waals surface area contributed by atoms with Crippen LogP contribution < -0.4 is 15.8 Å². The summed E-state index contributed by atoms with van der Waals surface area (Å²) in [5.41, 5.74) is 7.35. The molecular weight excluding hydrogens is 276 g/mol. The van der Waals surface area contributed by atoms with Gasteiger partial charge < -0.3 is 15.8 Å². The molecule has 1 aromatic rings. The monoisotopic (exact) mass is 296 g/mol. The minimum Gasteiger partial charge on any atom is -0.495 e. The van der Waals surface area contributed by atoms with Crippen molar-refractivity contribution in [1.29, 1.82) is 0 Å². The van der Waals surface area contributed by atoms with Crippen molar-refractivity contribution in [2.45, 2.75) is 32.6 Å². The molecule has 0 saturated heterocycles. The Morgan fingerprint density at radius 3 is 2.70 bits per heavy atom. The highest BCUT2D eigenvalue weighted by atomic mass is 35.5. The van der Waals surface area contributed by atoms with E-state index in [1.165, 1.54) is 0 Å². The number of rotatable bonds is 5. The third-order valence-corrected chi connectivity index (χ3v) is 4.54. The number of aryl methyl sites for hydroxylation is 1. The van der Waals surface area contributed by atoms with Crippen LogP contribution in [0.5, 0.6) is 5.75 Å². The fraction of sp³-hybridized carbons (Fsp3) is 0.533. The van der Waals surface area contributed by atoms with Gasteiger partial charge >= 0.3 is 0 Å². The topological polar surface area (TPSA) is 64.3 Å². The van der Waals surface area contributed by atoms with Crippen LogP contribution in [0.2, 0.25) is 5.02 Å². The van der Waals surface area contributed by atoms with Crippen LogP contribution in [0, 0.1) is 12.3 Å². The number of carbonyl (C=O) groups excluding carboxylic acids is 1. The van der Waals surface area contributed by atoms with Gasteiger partial charge in [0, 0.05) is 17.5 Å². The van der Waals surface area contributed by atoms with E-state index >= 15 is 0 Å². The quantitative estimate of drug-likeness (QED) is 0.877. The fourth-order valence-electron chi connectivity index (χ4n) is 2.59. The summed E-state index contributed by atoms with van der Waals surface area (Å²) in [5.74, 6) is 0.555. The fourth-order valence-corrected chi connectivity index (χ4v) is 2.75. The zero-order valence-corrected chi connectivity index (χ0v) is 12.7.